The Balaban J connectivity index is 2.66. The second-order valence-electron chi connectivity index (χ2n) is 2.51. The summed E-state index contributed by atoms with van der Waals surface area (Å²) in [6, 6.07) is 2.96. The van der Waals surface area contributed by atoms with E-state index in [0.29, 0.717) is 11.3 Å². The number of aromatic amines is 2. The smallest absolute Gasteiger partial charge is 0.326 e. The molecule has 0 unspecified atom stereocenters. The molecule has 66 valence electrons. The van der Waals surface area contributed by atoms with E-state index in [1.807, 2.05) is 0 Å². The van der Waals surface area contributed by atoms with Crippen molar-refractivity contribution in [1.29, 1.82) is 0 Å². The van der Waals surface area contributed by atoms with Crippen LogP contribution in [0.1, 0.15) is 0 Å². The van der Waals surface area contributed by atoms with Gasteiger partial charge >= 0.3 is 5.69 Å². The number of H-pyrrole nitrogens is 2. The van der Waals surface area contributed by atoms with Gasteiger partial charge in [0.1, 0.15) is 0 Å². The van der Waals surface area contributed by atoms with Gasteiger partial charge < -0.3 is 9.40 Å². The summed E-state index contributed by atoms with van der Waals surface area (Å²) < 4.78 is 4.81. The van der Waals surface area contributed by atoms with E-state index in [4.69, 9.17) is 4.42 Å². The lowest BCUT2D eigenvalue weighted by Crippen LogP contribution is -2.21. The fourth-order valence-electron chi connectivity index (χ4n) is 1.04. The summed E-state index contributed by atoms with van der Waals surface area (Å²) in [4.78, 5) is 26.3. The van der Waals surface area contributed by atoms with Crippen LogP contribution in [-0.4, -0.2) is 9.97 Å². The minimum absolute atomic E-state index is 0.431. The minimum Gasteiger partial charge on any atom is -0.472 e. The molecule has 0 saturated carbocycles. The van der Waals surface area contributed by atoms with Crippen molar-refractivity contribution in [2.45, 2.75) is 0 Å². The summed E-state index contributed by atoms with van der Waals surface area (Å²) in [6.45, 7) is 0. The van der Waals surface area contributed by atoms with Crippen LogP contribution in [0.2, 0.25) is 0 Å². The maximum absolute atomic E-state index is 10.9. The van der Waals surface area contributed by atoms with Crippen molar-refractivity contribution in [3.8, 4) is 11.3 Å². The van der Waals surface area contributed by atoms with Crippen molar-refractivity contribution in [3.63, 3.8) is 0 Å². The molecule has 2 rings (SSSR count). The number of hydrogen-bond acceptors (Lipinski definition) is 3. The summed E-state index contributed by atoms with van der Waals surface area (Å²) in [5, 5.41) is 0. The van der Waals surface area contributed by atoms with Crippen LogP contribution in [-0.2, 0) is 0 Å². The van der Waals surface area contributed by atoms with Crippen molar-refractivity contribution >= 4 is 0 Å². The second-order valence-corrected chi connectivity index (χ2v) is 2.51. The Morgan fingerprint density at radius 2 is 2.08 bits per heavy atom. The van der Waals surface area contributed by atoms with Gasteiger partial charge in [0.15, 0.2) is 0 Å². The van der Waals surface area contributed by atoms with Crippen LogP contribution in [0.3, 0.4) is 0 Å². The fourth-order valence-corrected chi connectivity index (χ4v) is 1.04. The monoisotopic (exact) mass is 178 g/mol. The normalized spacial score (nSPS) is 10.2. The van der Waals surface area contributed by atoms with Gasteiger partial charge in [-0.2, -0.15) is 0 Å². The van der Waals surface area contributed by atoms with Gasteiger partial charge in [-0.05, 0) is 6.07 Å². The molecule has 5 heteroatoms. The summed E-state index contributed by atoms with van der Waals surface area (Å²) >= 11 is 0. The zero-order chi connectivity index (χ0) is 9.26. The Kier molecular flexibility index (Phi) is 1.63. The number of aromatic nitrogens is 2. The average Bonchev–Trinajstić information content (AvgIpc) is 2.53. The standard InChI is InChI=1S/C8H6N2O3/c11-7-3-6(9-8(12)10-7)5-1-2-13-4-5/h1-4H,(H2,9,10,11,12). The Hall–Kier alpha value is -2.04. The van der Waals surface area contributed by atoms with E-state index in [1.165, 1.54) is 18.6 Å². The summed E-state index contributed by atoms with van der Waals surface area (Å²) in [7, 11) is 0. The Morgan fingerprint density at radius 1 is 1.23 bits per heavy atom. The molecule has 0 fully saturated rings. The topological polar surface area (TPSA) is 78.9 Å². The van der Waals surface area contributed by atoms with E-state index in [9.17, 15) is 9.59 Å². The zero-order valence-electron chi connectivity index (χ0n) is 6.53. The van der Waals surface area contributed by atoms with E-state index < -0.39 is 11.2 Å². The Labute approximate surface area is 72.0 Å². The lowest BCUT2D eigenvalue weighted by Gasteiger charge is -1.93. The average molecular weight is 178 g/mol. The molecule has 2 aromatic rings. The maximum Gasteiger partial charge on any atom is 0.326 e. The molecule has 0 aliphatic heterocycles. The van der Waals surface area contributed by atoms with Gasteiger partial charge in [0.2, 0.25) is 0 Å². The first-order chi connectivity index (χ1) is 6.25. The molecule has 0 saturated heterocycles. The van der Waals surface area contributed by atoms with E-state index in [1.54, 1.807) is 6.07 Å². The predicted octanol–water partition coefficient (Wildman–Crippen LogP) is 0.323. The van der Waals surface area contributed by atoms with Crippen LogP contribution in [0.4, 0.5) is 0 Å². The third kappa shape index (κ3) is 1.44. The molecule has 2 aromatic heterocycles. The number of furan rings is 1. The maximum atomic E-state index is 10.9. The number of nitrogens with one attached hydrogen (secondary N) is 2. The van der Waals surface area contributed by atoms with Gasteiger partial charge in [0.05, 0.1) is 18.2 Å². The highest BCUT2D eigenvalue weighted by molar-refractivity contribution is 5.55. The highest BCUT2D eigenvalue weighted by atomic mass is 16.3. The van der Waals surface area contributed by atoms with Gasteiger partial charge in [-0.3, -0.25) is 9.78 Å². The molecule has 5 nitrogen and oxygen atoms in total. The molecular formula is C8H6N2O3. The molecular weight excluding hydrogens is 172 g/mol. The lowest BCUT2D eigenvalue weighted by molar-refractivity contribution is 0.568. The van der Waals surface area contributed by atoms with Crippen LogP contribution >= 0.6 is 0 Å². The van der Waals surface area contributed by atoms with Crippen LogP contribution in [0.5, 0.6) is 0 Å². The summed E-state index contributed by atoms with van der Waals surface area (Å²) in [5.74, 6) is 0. The highest BCUT2D eigenvalue weighted by Gasteiger charge is 2.00. The zero-order valence-corrected chi connectivity index (χ0v) is 6.53. The van der Waals surface area contributed by atoms with Crippen molar-refractivity contribution in [3.05, 3.63) is 45.5 Å². The molecule has 0 amide bonds. The van der Waals surface area contributed by atoms with Crippen molar-refractivity contribution in [1.82, 2.24) is 9.97 Å². The van der Waals surface area contributed by atoms with Crippen molar-refractivity contribution in [2.24, 2.45) is 0 Å². The first-order valence-electron chi connectivity index (χ1n) is 3.62. The fraction of sp³-hybridized carbons (Fsp3) is 0. The van der Waals surface area contributed by atoms with E-state index in [2.05, 4.69) is 9.97 Å². The molecule has 0 bridgehead atoms. The van der Waals surface area contributed by atoms with Crippen molar-refractivity contribution in [2.75, 3.05) is 0 Å². The summed E-state index contributed by atoms with van der Waals surface area (Å²) in [6.07, 6.45) is 2.92. The van der Waals surface area contributed by atoms with Gasteiger partial charge in [-0.25, -0.2) is 4.79 Å². The largest absolute Gasteiger partial charge is 0.472 e. The molecule has 0 spiro atoms. The molecule has 2 heterocycles. The minimum atomic E-state index is -0.524. The van der Waals surface area contributed by atoms with Gasteiger partial charge in [-0.1, -0.05) is 0 Å². The van der Waals surface area contributed by atoms with Crippen LogP contribution in [0, 0.1) is 0 Å². The predicted molar refractivity (Wildman–Crippen MR) is 45.4 cm³/mol. The first kappa shape index (κ1) is 7.60. The molecule has 0 aliphatic carbocycles. The third-order valence-corrected chi connectivity index (χ3v) is 1.59. The van der Waals surface area contributed by atoms with E-state index in [-0.39, 0.29) is 0 Å². The Morgan fingerprint density at radius 3 is 2.69 bits per heavy atom. The van der Waals surface area contributed by atoms with Gasteiger partial charge in [0.25, 0.3) is 5.56 Å². The second kappa shape index (κ2) is 2.78. The molecule has 2 N–H and O–H groups in total. The Bertz CT molecular complexity index is 478. The SMILES string of the molecule is O=c1cc(-c2ccoc2)[nH]c(=O)[nH]1. The molecule has 0 aliphatic rings. The van der Waals surface area contributed by atoms with Gasteiger partial charge in [0, 0.05) is 11.6 Å². The van der Waals surface area contributed by atoms with E-state index >= 15 is 0 Å². The quantitative estimate of drug-likeness (QED) is 0.660. The van der Waals surface area contributed by atoms with Crippen LogP contribution < -0.4 is 11.2 Å². The van der Waals surface area contributed by atoms with Crippen molar-refractivity contribution < 1.29 is 4.42 Å². The molecule has 13 heavy (non-hydrogen) atoms. The molecule has 0 atom stereocenters. The number of hydrogen-bond donors (Lipinski definition) is 2. The number of rotatable bonds is 1. The molecule has 0 radical (unpaired) electrons. The van der Waals surface area contributed by atoms with Crippen LogP contribution in [0.25, 0.3) is 11.3 Å². The van der Waals surface area contributed by atoms with Crippen LogP contribution in [0.15, 0.2) is 38.7 Å². The van der Waals surface area contributed by atoms with E-state index in [0.717, 1.165) is 0 Å². The molecule has 0 aromatic carbocycles. The first-order valence-corrected chi connectivity index (χ1v) is 3.62. The lowest BCUT2D eigenvalue weighted by atomic mass is 10.2. The van der Waals surface area contributed by atoms with Gasteiger partial charge in [-0.15, -0.1) is 0 Å². The summed E-state index contributed by atoms with van der Waals surface area (Å²) in [5.41, 5.74) is 0.161. The highest BCUT2D eigenvalue weighted by Crippen LogP contribution is 2.13. The third-order valence-electron chi connectivity index (χ3n) is 1.59.